The SMILES string of the molecule is Cc1c([C@@H]2[C@@H](c3ccccn3)NC(=S)N2c2ccc(Cl)cc2)c(C)n(-c2ccccc2)c1C. The van der Waals surface area contributed by atoms with Gasteiger partial charge in [0.25, 0.3) is 0 Å². The number of aromatic nitrogens is 2. The van der Waals surface area contributed by atoms with Crippen LogP contribution in [0.25, 0.3) is 5.69 Å². The van der Waals surface area contributed by atoms with E-state index in [-0.39, 0.29) is 12.1 Å². The second kappa shape index (κ2) is 8.65. The summed E-state index contributed by atoms with van der Waals surface area (Å²) in [5.41, 5.74) is 8.06. The van der Waals surface area contributed by atoms with E-state index in [2.05, 4.69) is 70.9 Å². The quantitative estimate of drug-likeness (QED) is 0.338. The van der Waals surface area contributed by atoms with Gasteiger partial charge in [0.05, 0.1) is 17.8 Å². The molecule has 0 spiro atoms. The molecular weight excluding hydrogens is 448 g/mol. The van der Waals surface area contributed by atoms with Crippen molar-refractivity contribution in [2.24, 2.45) is 0 Å². The van der Waals surface area contributed by atoms with Gasteiger partial charge >= 0.3 is 0 Å². The minimum absolute atomic E-state index is 0.0581. The Morgan fingerprint density at radius 1 is 0.848 bits per heavy atom. The van der Waals surface area contributed by atoms with Crippen LogP contribution in [0.3, 0.4) is 0 Å². The van der Waals surface area contributed by atoms with E-state index < -0.39 is 0 Å². The highest BCUT2D eigenvalue weighted by molar-refractivity contribution is 7.80. The molecule has 0 saturated carbocycles. The second-order valence-corrected chi connectivity index (χ2v) is 9.18. The molecule has 0 unspecified atom stereocenters. The Kier molecular flexibility index (Phi) is 5.69. The minimum atomic E-state index is -0.0854. The van der Waals surface area contributed by atoms with E-state index in [0.717, 1.165) is 17.1 Å². The summed E-state index contributed by atoms with van der Waals surface area (Å²) in [5.74, 6) is 0. The summed E-state index contributed by atoms with van der Waals surface area (Å²) in [7, 11) is 0. The molecule has 1 aliphatic rings. The number of nitrogens with one attached hydrogen (secondary N) is 1. The monoisotopic (exact) mass is 472 g/mol. The third-order valence-corrected chi connectivity index (χ3v) is 7.09. The van der Waals surface area contributed by atoms with Crippen molar-refractivity contribution in [1.29, 1.82) is 0 Å². The third-order valence-electron chi connectivity index (χ3n) is 6.52. The molecule has 33 heavy (non-hydrogen) atoms. The van der Waals surface area contributed by atoms with Gasteiger partial charge in [0, 0.05) is 39.5 Å². The van der Waals surface area contributed by atoms with E-state index in [1.165, 1.54) is 22.5 Å². The summed E-state index contributed by atoms with van der Waals surface area (Å²) >= 11 is 12.1. The molecule has 0 radical (unpaired) electrons. The minimum Gasteiger partial charge on any atom is -0.351 e. The molecule has 3 heterocycles. The standard InChI is InChI=1S/C27H25ClN4S/c1-17-18(2)31(21-9-5-4-6-10-21)19(3)24(17)26-25(23-11-7-8-16-29-23)30-27(33)32(26)22-14-12-20(28)13-15-22/h4-16,25-26H,1-3H3,(H,30,33)/t25-,26-/m1/s1. The van der Waals surface area contributed by atoms with Gasteiger partial charge < -0.3 is 14.8 Å². The molecule has 2 atom stereocenters. The van der Waals surface area contributed by atoms with Crippen molar-refractivity contribution >= 4 is 34.6 Å². The number of rotatable bonds is 4. The van der Waals surface area contributed by atoms with E-state index in [4.69, 9.17) is 23.8 Å². The number of nitrogens with zero attached hydrogens (tertiary/aromatic N) is 3. The lowest BCUT2D eigenvalue weighted by Crippen LogP contribution is -2.29. The van der Waals surface area contributed by atoms with Crippen LogP contribution in [0.2, 0.25) is 5.02 Å². The first-order valence-corrected chi connectivity index (χ1v) is 11.8. The van der Waals surface area contributed by atoms with E-state index in [9.17, 15) is 0 Å². The van der Waals surface area contributed by atoms with Crippen LogP contribution in [-0.4, -0.2) is 14.7 Å². The first-order chi connectivity index (χ1) is 16.0. The maximum atomic E-state index is 6.19. The highest BCUT2D eigenvalue weighted by Gasteiger charge is 2.43. The van der Waals surface area contributed by atoms with Crippen molar-refractivity contribution in [2.75, 3.05) is 4.90 Å². The van der Waals surface area contributed by atoms with Crippen molar-refractivity contribution in [3.63, 3.8) is 0 Å². The van der Waals surface area contributed by atoms with E-state index >= 15 is 0 Å². The van der Waals surface area contributed by atoms with Gasteiger partial charge in [-0.15, -0.1) is 0 Å². The van der Waals surface area contributed by atoms with Gasteiger partial charge in [0.15, 0.2) is 5.11 Å². The van der Waals surface area contributed by atoms with Gasteiger partial charge in [-0.3, -0.25) is 4.98 Å². The fraction of sp³-hybridized carbons (Fsp3) is 0.185. The molecule has 5 rings (SSSR count). The smallest absolute Gasteiger partial charge is 0.174 e. The molecule has 4 nitrogen and oxygen atoms in total. The fourth-order valence-corrected chi connectivity index (χ4v) is 5.41. The molecule has 0 aliphatic carbocycles. The largest absolute Gasteiger partial charge is 0.351 e. The highest BCUT2D eigenvalue weighted by atomic mass is 35.5. The van der Waals surface area contributed by atoms with Crippen LogP contribution in [0.15, 0.2) is 79.0 Å². The lowest BCUT2D eigenvalue weighted by molar-refractivity contribution is 0.563. The topological polar surface area (TPSA) is 33.1 Å². The lowest BCUT2D eigenvalue weighted by atomic mass is 9.93. The summed E-state index contributed by atoms with van der Waals surface area (Å²) in [4.78, 5) is 6.89. The number of hydrogen-bond acceptors (Lipinski definition) is 2. The first kappa shape index (κ1) is 21.7. The van der Waals surface area contributed by atoms with Gasteiger partial charge in [-0.2, -0.15) is 0 Å². The Hall–Kier alpha value is -3.15. The van der Waals surface area contributed by atoms with Crippen LogP contribution in [0.5, 0.6) is 0 Å². The summed E-state index contributed by atoms with van der Waals surface area (Å²) in [6.45, 7) is 6.58. The number of anilines is 1. The molecule has 1 fully saturated rings. The number of thiocarbonyl (C=S) groups is 1. The molecule has 1 saturated heterocycles. The van der Waals surface area contributed by atoms with Crippen LogP contribution in [-0.2, 0) is 0 Å². The zero-order chi connectivity index (χ0) is 23.1. The van der Waals surface area contributed by atoms with Gasteiger partial charge in [0.2, 0.25) is 0 Å². The molecular formula is C27H25ClN4S. The number of hydrogen-bond donors (Lipinski definition) is 1. The van der Waals surface area contributed by atoms with Crippen molar-refractivity contribution < 1.29 is 0 Å². The number of halogens is 1. The lowest BCUT2D eigenvalue weighted by Gasteiger charge is -2.29. The van der Waals surface area contributed by atoms with Crippen molar-refractivity contribution in [2.45, 2.75) is 32.9 Å². The van der Waals surface area contributed by atoms with Gasteiger partial charge in [-0.1, -0.05) is 35.9 Å². The Bertz CT molecular complexity index is 1300. The molecule has 0 amide bonds. The maximum absolute atomic E-state index is 6.19. The van der Waals surface area contributed by atoms with Crippen molar-refractivity contribution in [1.82, 2.24) is 14.9 Å². The van der Waals surface area contributed by atoms with Crippen LogP contribution >= 0.6 is 23.8 Å². The summed E-state index contributed by atoms with van der Waals surface area (Å²) in [6, 6.07) is 24.2. The average Bonchev–Trinajstić information content (AvgIpc) is 3.28. The maximum Gasteiger partial charge on any atom is 0.174 e. The van der Waals surface area contributed by atoms with Crippen molar-refractivity contribution in [3.05, 3.63) is 112 Å². The van der Waals surface area contributed by atoms with Gasteiger partial charge in [0.1, 0.15) is 0 Å². The van der Waals surface area contributed by atoms with E-state index in [0.29, 0.717) is 10.1 Å². The predicted octanol–water partition coefficient (Wildman–Crippen LogP) is 6.63. The third kappa shape index (κ3) is 3.71. The van der Waals surface area contributed by atoms with Crippen molar-refractivity contribution in [3.8, 4) is 5.69 Å². The molecule has 0 bridgehead atoms. The predicted molar refractivity (Wildman–Crippen MR) is 139 cm³/mol. The molecule has 2 aromatic carbocycles. The Morgan fingerprint density at radius 2 is 1.55 bits per heavy atom. The molecule has 166 valence electrons. The number of benzene rings is 2. The summed E-state index contributed by atoms with van der Waals surface area (Å²) in [5, 5.41) is 4.94. The van der Waals surface area contributed by atoms with E-state index in [1.54, 1.807) is 0 Å². The van der Waals surface area contributed by atoms with Crippen LogP contribution in [0.1, 0.15) is 40.3 Å². The molecule has 6 heteroatoms. The first-order valence-electron chi connectivity index (χ1n) is 11.0. The van der Waals surface area contributed by atoms with E-state index in [1.807, 2.05) is 48.7 Å². The van der Waals surface area contributed by atoms with Gasteiger partial charge in [-0.05, 0) is 87.1 Å². The summed E-state index contributed by atoms with van der Waals surface area (Å²) < 4.78 is 2.33. The molecule has 2 aromatic heterocycles. The number of pyridine rings is 1. The fourth-order valence-electron chi connectivity index (χ4n) is 4.93. The molecule has 4 aromatic rings. The van der Waals surface area contributed by atoms with Crippen LogP contribution in [0, 0.1) is 20.8 Å². The Balaban J connectivity index is 1.72. The Labute approximate surface area is 204 Å². The summed E-state index contributed by atoms with van der Waals surface area (Å²) in [6.07, 6.45) is 1.84. The normalized spacial score (nSPS) is 17.9. The van der Waals surface area contributed by atoms with Crippen LogP contribution < -0.4 is 10.2 Å². The Morgan fingerprint density at radius 3 is 2.21 bits per heavy atom. The van der Waals surface area contributed by atoms with Crippen LogP contribution in [0.4, 0.5) is 5.69 Å². The average molecular weight is 473 g/mol. The molecule has 1 aliphatic heterocycles. The number of para-hydroxylation sites is 1. The molecule has 1 N–H and O–H groups in total. The highest BCUT2D eigenvalue weighted by Crippen LogP contribution is 2.45. The van der Waals surface area contributed by atoms with Gasteiger partial charge in [-0.25, -0.2) is 0 Å². The zero-order valence-corrected chi connectivity index (χ0v) is 20.4. The second-order valence-electron chi connectivity index (χ2n) is 8.35. The zero-order valence-electron chi connectivity index (χ0n) is 18.8.